The van der Waals surface area contributed by atoms with Crippen LogP contribution < -0.4 is 0 Å². The number of benzene rings is 2. The first-order valence-corrected chi connectivity index (χ1v) is 6.05. The predicted molar refractivity (Wildman–Crippen MR) is 68.6 cm³/mol. The summed E-state index contributed by atoms with van der Waals surface area (Å²) in [5.74, 6) is 0. The Morgan fingerprint density at radius 2 is 1.88 bits per heavy atom. The van der Waals surface area contributed by atoms with Crippen LogP contribution >= 0.6 is 0 Å². The summed E-state index contributed by atoms with van der Waals surface area (Å²) in [5, 5.41) is 2.49. The lowest BCUT2D eigenvalue weighted by Gasteiger charge is -2.16. The molecule has 1 saturated carbocycles. The number of fused-ring (bicyclic) bond motifs is 1. The minimum absolute atomic E-state index is 0.485. The van der Waals surface area contributed by atoms with Gasteiger partial charge < -0.3 is 4.90 Å². The number of carbonyl (C=O) groups excluding carboxylic acids is 1. The quantitative estimate of drug-likeness (QED) is 0.732. The molecule has 17 heavy (non-hydrogen) atoms. The molecule has 0 N–H and O–H groups in total. The molecule has 1 fully saturated rings. The van der Waals surface area contributed by atoms with Gasteiger partial charge in [0.2, 0.25) is 6.41 Å². The van der Waals surface area contributed by atoms with Crippen molar-refractivity contribution in [1.29, 1.82) is 0 Å². The van der Waals surface area contributed by atoms with Crippen LogP contribution in [0.5, 0.6) is 0 Å². The summed E-state index contributed by atoms with van der Waals surface area (Å²) in [5.41, 5.74) is 1.21. The van der Waals surface area contributed by atoms with E-state index < -0.39 is 0 Å². The SMILES string of the molecule is O=CN(Cc1ccc2ccccc2c1)C1CC1. The second-order valence-electron chi connectivity index (χ2n) is 4.69. The number of nitrogens with zero attached hydrogens (tertiary/aromatic N) is 1. The van der Waals surface area contributed by atoms with Crippen molar-refractivity contribution in [2.75, 3.05) is 0 Å². The fraction of sp³-hybridized carbons (Fsp3) is 0.267. The standard InChI is InChI=1S/C15H15NO/c17-11-16(15-7-8-15)10-12-5-6-13-3-1-2-4-14(13)9-12/h1-6,9,11,15H,7-8,10H2. The number of amides is 1. The monoisotopic (exact) mass is 225 g/mol. The molecule has 2 aromatic rings. The Balaban J connectivity index is 1.87. The summed E-state index contributed by atoms with van der Waals surface area (Å²) in [6, 6.07) is 15.2. The van der Waals surface area contributed by atoms with E-state index in [1.54, 1.807) is 0 Å². The molecule has 0 bridgehead atoms. The van der Waals surface area contributed by atoms with Crippen molar-refractivity contribution in [2.45, 2.75) is 25.4 Å². The molecule has 2 heteroatoms. The molecule has 0 radical (unpaired) electrons. The molecule has 0 unspecified atom stereocenters. The largest absolute Gasteiger partial charge is 0.338 e. The molecule has 0 heterocycles. The Hall–Kier alpha value is -1.83. The maximum atomic E-state index is 11.0. The van der Waals surface area contributed by atoms with Crippen molar-refractivity contribution in [3.8, 4) is 0 Å². The van der Waals surface area contributed by atoms with E-state index in [0.717, 1.165) is 25.8 Å². The first kappa shape index (κ1) is 10.3. The molecule has 0 atom stereocenters. The summed E-state index contributed by atoms with van der Waals surface area (Å²) in [7, 11) is 0. The van der Waals surface area contributed by atoms with E-state index in [0.29, 0.717) is 6.04 Å². The molecule has 0 saturated heterocycles. The van der Waals surface area contributed by atoms with Gasteiger partial charge in [-0.05, 0) is 35.2 Å². The summed E-state index contributed by atoms with van der Waals surface area (Å²) >= 11 is 0. The molecule has 2 aromatic carbocycles. The zero-order chi connectivity index (χ0) is 11.7. The average molecular weight is 225 g/mol. The van der Waals surface area contributed by atoms with Crippen molar-refractivity contribution in [2.24, 2.45) is 0 Å². The van der Waals surface area contributed by atoms with Crippen LogP contribution in [0.15, 0.2) is 42.5 Å². The number of hydrogen-bond donors (Lipinski definition) is 0. The average Bonchev–Trinajstić information content (AvgIpc) is 3.20. The molecule has 0 aliphatic heterocycles. The van der Waals surface area contributed by atoms with Crippen molar-refractivity contribution in [3.63, 3.8) is 0 Å². The summed E-state index contributed by atoms with van der Waals surface area (Å²) in [6.07, 6.45) is 3.30. The van der Waals surface area contributed by atoms with Crippen LogP contribution in [-0.2, 0) is 11.3 Å². The molecule has 86 valence electrons. The van der Waals surface area contributed by atoms with Gasteiger partial charge in [0.15, 0.2) is 0 Å². The highest BCUT2D eigenvalue weighted by Gasteiger charge is 2.27. The fourth-order valence-electron chi connectivity index (χ4n) is 2.21. The van der Waals surface area contributed by atoms with Crippen molar-refractivity contribution in [3.05, 3.63) is 48.0 Å². The van der Waals surface area contributed by atoms with Crippen LogP contribution in [0.25, 0.3) is 10.8 Å². The van der Waals surface area contributed by atoms with Crippen LogP contribution in [0.3, 0.4) is 0 Å². The second-order valence-corrected chi connectivity index (χ2v) is 4.69. The molecule has 1 aliphatic carbocycles. The highest BCUT2D eigenvalue weighted by Crippen LogP contribution is 2.27. The Labute approximate surface area is 101 Å². The third-order valence-corrected chi connectivity index (χ3v) is 3.33. The Bertz CT molecular complexity index is 545. The summed E-state index contributed by atoms with van der Waals surface area (Å²) < 4.78 is 0. The van der Waals surface area contributed by atoms with Crippen LogP contribution in [0.4, 0.5) is 0 Å². The van der Waals surface area contributed by atoms with Gasteiger partial charge in [0.1, 0.15) is 0 Å². The minimum Gasteiger partial charge on any atom is -0.338 e. The molecule has 1 amide bonds. The lowest BCUT2D eigenvalue weighted by atomic mass is 10.1. The normalized spacial score (nSPS) is 14.8. The highest BCUT2D eigenvalue weighted by molar-refractivity contribution is 5.83. The van der Waals surface area contributed by atoms with Crippen molar-refractivity contribution < 1.29 is 4.79 Å². The zero-order valence-corrected chi connectivity index (χ0v) is 9.67. The van der Waals surface area contributed by atoms with Crippen LogP contribution in [0, 0.1) is 0 Å². The Morgan fingerprint density at radius 1 is 1.12 bits per heavy atom. The number of rotatable bonds is 4. The smallest absolute Gasteiger partial charge is 0.210 e. The van der Waals surface area contributed by atoms with Gasteiger partial charge in [-0.3, -0.25) is 4.79 Å². The molecule has 0 aromatic heterocycles. The van der Waals surface area contributed by atoms with Gasteiger partial charge in [0.05, 0.1) is 0 Å². The third kappa shape index (κ3) is 2.16. The lowest BCUT2D eigenvalue weighted by Crippen LogP contribution is -2.23. The zero-order valence-electron chi connectivity index (χ0n) is 9.67. The maximum absolute atomic E-state index is 11.0. The van der Waals surface area contributed by atoms with Gasteiger partial charge in [0.25, 0.3) is 0 Å². The maximum Gasteiger partial charge on any atom is 0.210 e. The topological polar surface area (TPSA) is 20.3 Å². The van der Waals surface area contributed by atoms with Crippen molar-refractivity contribution >= 4 is 17.2 Å². The van der Waals surface area contributed by atoms with E-state index in [1.807, 2.05) is 17.0 Å². The van der Waals surface area contributed by atoms with E-state index in [1.165, 1.54) is 16.3 Å². The fourth-order valence-corrected chi connectivity index (χ4v) is 2.21. The van der Waals surface area contributed by atoms with E-state index in [4.69, 9.17) is 0 Å². The van der Waals surface area contributed by atoms with E-state index in [2.05, 4.69) is 30.3 Å². The Morgan fingerprint density at radius 3 is 2.59 bits per heavy atom. The number of hydrogen-bond acceptors (Lipinski definition) is 1. The third-order valence-electron chi connectivity index (χ3n) is 3.33. The molecule has 3 rings (SSSR count). The highest BCUT2D eigenvalue weighted by atomic mass is 16.1. The van der Waals surface area contributed by atoms with Gasteiger partial charge in [-0.15, -0.1) is 0 Å². The van der Waals surface area contributed by atoms with Gasteiger partial charge in [0, 0.05) is 12.6 Å². The van der Waals surface area contributed by atoms with E-state index in [9.17, 15) is 4.79 Å². The molecular formula is C15H15NO. The molecule has 2 nitrogen and oxygen atoms in total. The second kappa shape index (κ2) is 4.21. The van der Waals surface area contributed by atoms with E-state index >= 15 is 0 Å². The molecule has 1 aliphatic rings. The van der Waals surface area contributed by atoms with Gasteiger partial charge in [-0.2, -0.15) is 0 Å². The van der Waals surface area contributed by atoms with Crippen LogP contribution in [0.2, 0.25) is 0 Å². The van der Waals surface area contributed by atoms with Gasteiger partial charge in [-0.1, -0.05) is 36.4 Å². The minimum atomic E-state index is 0.485. The molecular weight excluding hydrogens is 210 g/mol. The summed E-state index contributed by atoms with van der Waals surface area (Å²) in [4.78, 5) is 12.9. The van der Waals surface area contributed by atoms with Gasteiger partial charge >= 0.3 is 0 Å². The van der Waals surface area contributed by atoms with Crippen LogP contribution in [0.1, 0.15) is 18.4 Å². The lowest BCUT2D eigenvalue weighted by molar-refractivity contribution is -0.119. The van der Waals surface area contributed by atoms with Gasteiger partial charge in [-0.25, -0.2) is 0 Å². The number of carbonyl (C=O) groups is 1. The van der Waals surface area contributed by atoms with Crippen molar-refractivity contribution in [1.82, 2.24) is 4.90 Å². The predicted octanol–water partition coefficient (Wildman–Crippen LogP) is 2.96. The summed E-state index contributed by atoms with van der Waals surface area (Å²) in [6.45, 7) is 0.735. The first-order valence-electron chi connectivity index (χ1n) is 6.05. The Kier molecular flexibility index (Phi) is 2.56. The van der Waals surface area contributed by atoms with Crippen LogP contribution in [-0.4, -0.2) is 17.4 Å². The van der Waals surface area contributed by atoms with E-state index in [-0.39, 0.29) is 0 Å². The first-order chi connectivity index (χ1) is 8.36. The molecule has 0 spiro atoms.